The van der Waals surface area contributed by atoms with E-state index in [1.165, 1.54) is 16.0 Å². The van der Waals surface area contributed by atoms with Gasteiger partial charge in [-0.25, -0.2) is 0 Å². The lowest BCUT2D eigenvalue weighted by Gasteiger charge is -2.14. The van der Waals surface area contributed by atoms with Gasteiger partial charge in [0.2, 0.25) is 0 Å². The average molecular weight is 297 g/mol. The molecule has 22 heavy (non-hydrogen) atoms. The molecule has 0 aromatic heterocycles. The van der Waals surface area contributed by atoms with Crippen molar-refractivity contribution in [1.82, 2.24) is 5.32 Å². The van der Waals surface area contributed by atoms with Gasteiger partial charge in [-0.15, -0.1) is 0 Å². The van der Waals surface area contributed by atoms with Gasteiger partial charge in [0.25, 0.3) is 5.91 Å². The maximum absolute atomic E-state index is 12.0. The number of carbonyl (C=O) groups excluding carboxylic acids is 1. The van der Waals surface area contributed by atoms with E-state index in [9.17, 15) is 4.79 Å². The van der Waals surface area contributed by atoms with Crippen LogP contribution < -0.4 is 10.2 Å². The Bertz CT molecular complexity index is 578. The third-order valence-electron chi connectivity index (χ3n) is 3.73. The van der Waals surface area contributed by atoms with E-state index in [1.807, 2.05) is 30.3 Å². The van der Waals surface area contributed by atoms with Crippen molar-refractivity contribution in [1.29, 1.82) is 0 Å². The van der Waals surface area contributed by atoms with Gasteiger partial charge in [0.15, 0.2) is 6.54 Å². The molecule has 0 aliphatic heterocycles. The van der Waals surface area contributed by atoms with Crippen LogP contribution in [0.4, 0.5) is 0 Å². The van der Waals surface area contributed by atoms with Crippen LogP contribution in [0.25, 0.3) is 0 Å². The molecule has 2 rings (SSSR count). The van der Waals surface area contributed by atoms with Crippen molar-refractivity contribution in [2.45, 2.75) is 26.4 Å². The minimum absolute atomic E-state index is 0.0894. The van der Waals surface area contributed by atoms with Crippen LogP contribution in [0.5, 0.6) is 0 Å². The smallest absolute Gasteiger partial charge is 0.275 e. The maximum Gasteiger partial charge on any atom is 0.275 e. The van der Waals surface area contributed by atoms with Crippen molar-refractivity contribution in [2.75, 3.05) is 13.6 Å². The molecule has 2 aromatic rings. The number of aryl methyl sites for hydroxylation is 1. The third-order valence-corrected chi connectivity index (χ3v) is 3.73. The number of quaternary nitrogens is 1. The lowest BCUT2D eigenvalue weighted by atomic mass is 10.1. The van der Waals surface area contributed by atoms with Crippen LogP contribution in [-0.4, -0.2) is 19.5 Å². The summed E-state index contributed by atoms with van der Waals surface area (Å²) in [5, 5.41) is 2.97. The molecule has 2 aromatic carbocycles. The number of rotatable bonds is 7. The normalized spacial score (nSPS) is 11.9. The Morgan fingerprint density at radius 1 is 0.955 bits per heavy atom. The summed E-state index contributed by atoms with van der Waals surface area (Å²) in [4.78, 5) is 13.2. The summed E-state index contributed by atoms with van der Waals surface area (Å²) in [6.45, 7) is 4.10. The summed E-state index contributed by atoms with van der Waals surface area (Å²) >= 11 is 0. The minimum Gasteiger partial charge on any atom is -0.347 e. The van der Waals surface area contributed by atoms with E-state index in [-0.39, 0.29) is 5.91 Å². The monoisotopic (exact) mass is 297 g/mol. The average Bonchev–Trinajstić information content (AvgIpc) is 2.54. The van der Waals surface area contributed by atoms with Gasteiger partial charge < -0.3 is 10.2 Å². The largest absolute Gasteiger partial charge is 0.347 e. The Hall–Kier alpha value is -2.13. The molecule has 2 N–H and O–H groups in total. The highest BCUT2D eigenvalue weighted by Crippen LogP contribution is 2.03. The molecule has 0 bridgehead atoms. The van der Waals surface area contributed by atoms with Crippen LogP contribution in [0.1, 0.15) is 23.6 Å². The number of nitrogens with one attached hydrogen (secondary N) is 2. The van der Waals surface area contributed by atoms with E-state index >= 15 is 0 Å². The van der Waals surface area contributed by atoms with Crippen molar-refractivity contribution in [3.8, 4) is 0 Å². The zero-order valence-electron chi connectivity index (χ0n) is 13.4. The Balaban J connectivity index is 1.75. The number of benzene rings is 2. The molecule has 0 spiro atoms. The van der Waals surface area contributed by atoms with Crippen LogP contribution in [0, 0.1) is 0 Å². The van der Waals surface area contributed by atoms with Gasteiger partial charge >= 0.3 is 0 Å². The second-order valence-corrected chi connectivity index (χ2v) is 5.74. The zero-order valence-corrected chi connectivity index (χ0v) is 13.4. The van der Waals surface area contributed by atoms with Gasteiger partial charge in [0.05, 0.1) is 7.05 Å². The number of hydrogen-bond acceptors (Lipinski definition) is 1. The zero-order chi connectivity index (χ0) is 15.8. The summed E-state index contributed by atoms with van der Waals surface area (Å²) < 4.78 is 0. The fraction of sp³-hybridized carbons (Fsp3) is 0.316. The lowest BCUT2D eigenvalue weighted by Crippen LogP contribution is -3.08. The number of carbonyl (C=O) groups is 1. The first-order chi connectivity index (χ1) is 10.7. The van der Waals surface area contributed by atoms with Gasteiger partial charge in [-0.2, -0.15) is 0 Å². The second-order valence-electron chi connectivity index (χ2n) is 5.74. The molecule has 0 radical (unpaired) electrons. The third kappa shape index (κ3) is 5.34. The maximum atomic E-state index is 12.0. The molecular formula is C19H25N2O+. The number of likely N-dealkylation sites (N-methyl/N-ethyl adjacent to an activating group) is 1. The molecule has 0 aliphatic carbocycles. The lowest BCUT2D eigenvalue weighted by molar-refractivity contribution is -0.885. The fourth-order valence-electron chi connectivity index (χ4n) is 2.44. The topological polar surface area (TPSA) is 33.5 Å². The first-order valence-corrected chi connectivity index (χ1v) is 7.87. The molecule has 0 fully saturated rings. The van der Waals surface area contributed by atoms with E-state index in [4.69, 9.17) is 0 Å². The van der Waals surface area contributed by atoms with E-state index in [1.54, 1.807) is 0 Å². The molecule has 0 heterocycles. The summed E-state index contributed by atoms with van der Waals surface area (Å²) in [5.41, 5.74) is 3.75. The molecule has 116 valence electrons. The molecule has 1 amide bonds. The van der Waals surface area contributed by atoms with E-state index in [0.29, 0.717) is 13.1 Å². The van der Waals surface area contributed by atoms with Crippen LogP contribution in [-0.2, 0) is 24.3 Å². The van der Waals surface area contributed by atoms with Crippen LogP contribution in [0.2, 0.25) is 0 Å². The Morgan fingerprint density at radius 2 is 1.59 bits per heavy atom. The predicted molar refractivity (Wildman–Crippen MR) is 89.6 cm³/mol. The van der Waals surface area contributed by atoms with E-state index in [2.05, 4.69) is 43.6 Å². The molecule has 1 unspecified atom stereocenters. The summed E-state index contributed by atoms with van der Waals surface area (Å²) in [6.07, 6.45) is 1.06. The molecule has 0 saturated heterocycles. The van der Waals surface area contributed by atoms with Gasteiger partial charge in [-0.3, -0.25) is 4.79 Å². The van der Waals surface area contributed by atoms with Crippen LogP contribution >= 0.6 is 0 Å². The Kier molecular flexibility index (Phi) is 6.16. The molecule has 0 aliphatic rings. The van der Waals surface area contributed by atoms with E-state index < -0.39 is 0 Å². The fourth-order valence-corrected chi connectivity index (χ4v) is 2.44. The van der Waals surface area contributed by atoms with Gasteiger partial charge in [-0.1, -0.05) is 61.5 Å². The van der Waals surface area contributed by atoms with Gasteiger partial charge in [-0.05, 0) is 17.5 Å². The number of hydrogen-bond donors (Lipinski definition) is 2. The van der Waals surface area contributed by atoms with Crippen molar-refractivity contribution in [3.63, 3.8) is 0 Å². The molecular weight excluding hydrogens is 272 g/mol. The SMILES string of the molecule is CCc1ccc(C[NH+](C)CC(=O)NCc2ccccc2)cc1. The van der Waals surface area contributed by atoms with Crippen LogP contribution in [0.15, 0.2) is 54.6 Å². The minimum atomic E-state index is 0.0894. The van der Waals surface area contributed by atoms with Gasteiger partial charge in [0.1, 0.15) is 6.54 Å². The molecule has 3 nitrogen and oxygen atoms in total. The molecule has 0 saturated carbocycles. The van der Waals surface area contributed by atoms with Crippen LogP contribution in [0.3, 0.4) is 0 Å². The van der Waals surface area contributed by atoms with Gasteiger partial charge in [0, 0.05) is 12.1 Å². The van der Waals surface area contributed by atoms with E-state index in [0.717, 1.165) is 18.5 Å². The summed E-state index contributed by atoms with van der Waals surface area (Å²) in [6, 6.07) is 18.6. The molecule has 3 heteroatoms. The highest BCUT2D eigenvalue weighted by Gasteiger charge is 2.10. The highest BCUT2D eigenvalue weighted by molar-refractivity contribution is 5.76. The Morgan fingerprint density at radius 3 is 2.23 bits per heavy atom. The summed E-state index contributed by atoms with van der Waals surface area (Å²) in [7, 11) is 2.05. The van der Waals surface area contributed by atoms with Crippen molar-refractivity contribution < 1.29 is 9.69 Å². The summed E-state index contributed by atoms with van der Waals surface area (Å²) in [5.74, 6) is 0.0894. The molecule has 1 atom stereocenters. The first kappa shape index (κ1) is 16.2. The predicted octanol–water partition coefficient (Wildman–Crippen LogP) is 1.58. The number of amides is 1. The first-order valence-electron chi connectivity index (χ1n) is 7.87. The highest BCUT2D eigenvalue weighted by atomic mass is 16.2. The quantitative estimate of drug-likeness (QED) is 0.799. The van der Waals surface area contributed by atoms with Crippen molar-refractivity contribution >= 4 is 5.91 Å². The Labute approximate surface area is 133 Å². The second kappa shape index (κ2) is 8.35. The standard InChI is InChI=1S/C19H24N2O/c1-3-16-9-11-18(12-10-16)14-21(2)15-19(22)20-13-17-7-5-4-6-8-17/h4-12H,3,13-15H2,1-2H3,(H,20,22)/p+1. The van der Waals surface area contributed by atoms with Crippen molar-refractivity contribution in [2.24, 2.45) is 0 Å². The van der Waals surface area contributed by atoms with Crippen molar-refractivity contribution in [3.05, 3.63) is 71.3 Å².